The molecular formula is C21H21ClN2O7S. The third-order valence-electron chi connectivity index (χ3n) is 4.64. The van der Waals surface area contributed by atoms with Crippen molar-refractivity contribution in [2.24, 2.45) is 0 Å². The summed E-state index contributed by atoms with van der Waals surface area (Å²) in [5.74, 6) is -0.879. The van der Waals surface area contributed by atoms with E-state index < -0.39 is 28.5 Å². The standard InChI is InChI=1S/C21H21ClN2O7S/c1-12-15-10-14(29-4)6-8-17(15)31-20(12)21(26)30-11-19(25)23-13-5-7-16(22)18(9-13)32(27,28)24(2)3/h5-10H,11H2,1-4H3,(H,23,25). The molecule has 0 saturated heterocycles. The number of hydrogen-bond donors (Lipinski definition) is 1. The van der Waals surface area contributed by atoms with E-state index >= 15 is 0 Å². The quantitative estimate of drug-likeness (QED) is 0.515. The van der Waals surface area contributed by atoms with Crippen LogP contribution >= 0.6 is 11.6 Å². The molecule has 0 unspecified atom stereocenters. The zero-order valence-electron chi connectivity index (χ0n) is 17.8. The number of furan rings is 1. The minimum atomic E-state index is -3.81. The van der Waals surface area contributed by atoms with E-state index in [1.807, 2.05) is 0 Å². The van der Waals surface area contributed by atoms with Crippen LogP contribution in [0.25, 0.3) is 11.0 Å². The molecule has 11 heteroatoms. The number of halogens is 1. The van der Waals surface area contributed by atoms with Crippen LogP contribution in [0.3, 0.4) is 0 Å². The molecule has 9 nitrogen and oxygen atoms in total. The zero-order chi connectivity index (χ0) is 23.6. The molecule has 1 heterocycles. The topological polar surface area (TPSA) is 115 Å². The molecule has 0 spiro atoms. The van der Waals surface area contributed by atoms with Crippen molar-refractivity contribution in [2.75, 3.05) is 33.1 Å². The third-order valence-corrected chi connectivity index (χ3v) is 6.93. The van der Waals surface area contributed by atoms with Crippen molar-refractivity contribution >= 4 is 50.2 Å². The first-order chi connectivity index (χ1) is 15.0. The molecule has 0 radical (unpaired) electrons. The average Bonchev–Trinajstić information content (AvgIpc) is 3.09. The molecule has 0 aliphatic carbocycles. The smallest absolute Gasteiger partial charge is 0.375 e. The van der Waals surface area contributed by atoms with Gasteiger partial charge in [-0.2, -0.15) is 0 Å². The first-order valence-electron chi connectivity index (χ1n) is 9.30. The van der Waals surface area contributed by atoms with E-state index in [0.717, 1.165) is 4.31 Å². The maximum atomic E-state index is 12.4. The number of amides is 1. The van der Waals surface area contributed by atoms with E-state index in [4.69, 9.17) is 25.5 Å². The largest absolute Gasteiger partial charge is 0.497 e. The van der Waals surface area contributed by atoms with E-state index in [1.165, 1.54) is 39.4 Å². The zero-order valence-corrected chi connectivity index (χ0v) is 19.3. The third kappa shape index (κ3) is 4.72. The number of fused-ring (bicyclic) bond motifs is 1. The Morgan fingerprint density at radius 2 is 1.88 bits per heavy atom. The second-order valence-electron chi connectivity index (χ2n) is 6.98. The monoisotopic (exact) mass is 480 g/mol. The van der Waals surface area contributed by atoms with Gasteiger partial charge in [0.15, 0.2) is 6.61 Å². The lowest BCUT2D eigenvalue weighted by Crippen LogP contribution is -2.23. The van der Waals surface area contributed by atoms with Crippen molar-refractivity contribution in [1.82, 2.24) is 4.31 Å². The van der Waals surface area contributed by atoms with Gasteiger partial charge in [-0.25, -0.2) is 17.5 Å². The predicted octanol–water partition coefficient (Wildman–Crippen LogP) is 3.45. The summed E-state index contributed by atoms with van der Waals surface area (Å²) in [5, 5.41) is 3.18. The SMILES string of the molecule is COc1ccc2oc(C(=O)OCC(=O)Nc3ccc(Cl)c(S(=O)(=O)N(C)C)c3)c(C)c2c1. The molecule has 32 heavy (non-hydrogen) atoms. The highest BCUT2D eigenvalue weighted by atomic mass is 35.5. The molecule has 0 fully saturated rings. The number of anilines is 1. The maximum Gasteiger partial charge on any atom is 0.375 e. The summed E-state index contributed by atoms with van der Waals surface area (Å²) >= 11 is 5.99. The number of esters is 1. The van der Waals surface area contributed by atoms with Crippen LogP contribution in [-0.2, 0) is 19.6 Å². The molecule has 1 N–H and O–H groups in total. The Hall–Kier alpha value is -3.08. The summed E-state index contributed by atoms with van der Waals surface area (Å²) in [7, 11) is 0.460. The number of hydrogen-bond acceptors (Lipinski definition) is 7. The summed E-state index contributed by atoms with van der Waals surface area (Å²) in [6, 6.07) is 9.13. The van der Waals surface area contributed by atoms with Crippen LogP contribution in [0.4, 0.5) is 5.69 Å². The van der Waals surface area contributed by atoms with E-state index in [9.17, 15) is 18.0 Å². The molecule has 1 aromatic heterocycles. The maximum absolute atomic E-state index is 12.4. The van der Waals surface area contributed by atoms with Crippen molar-refractivity contribution in [1.29, 1.82) is 0 Å². The highest BCUT2D eigenvalue weighted by Crippen LogP contribution is 2.29. The Bertz CT molecular complexity index is 1300. The van der Waals surface area contributed by atoms with Gasteiger partial charge in [-0.05, 0) is 43.3 Å². The van der Waals surface area contributed by atoms with Gasteiger partial charge in [-0.1, -0.05) is 11.6 Å². The van der Waals surface area contributed by atoms with Crippen LogP contribution in [-0.4, -0.2) is 52.4 Å². The summed E-state index contributed by atoms with van der Waals surface area (Å²) in [5.41, 5.74) is 1.22. The number of methoxy groups -OCH3 is 1. The number of sulfonamides is 1. The lowest BCUT2D eigenvalue weighted by atomic mass is 10.1. The number of ether oxygens (including phenoxy) is 2. The fourth-order valence-corrected chi connectivity index (χ4v) is 4.28. The highest BCUT2D eigenvalue weighted by molar-refractivity contribution is 7.89. The minimum absolute atomic E-state index is 0.0140. The van der Waals surface area contributed by atoms with Crippen LogP contribution in [0.5, 0.6) is 5.75 Å². The summed E-state index contributed by atoms with van der Waals surface area (Å²) in [4.78, 5) is 24.5. The van der Waals surface area contributed by atoms with Gasteiger partial charge in [0.25, 0.3) is 5.91 Å². The van der Waals surface area contributed by atoms with Crippen LogP contribution in [0.15, 0.2) is 45.7 Å². The van der Waals surface area contributed by atoms with E-state index in [-0.39, 0.29) is 21.4 Å². The molecule has 3 rings (SSSR count). The van der Waals surface area contributed by atoms with Gasteiger partial charge < -0.3 is 19.2 Å². The molecule has 0 atom stereocenters. The fourth-order valence-electron chi connectivity index (χ4n) is 2.89. The number of carbonyl (C=O) groups excluding carboxylic acids is 2. The average molecular weight is 481 g/mol. The summed E-state index contributed by atoms with van der Waals surface area (Å²) < 4.78 is 41.5. The molecule has 1 amide bonds. The van der Waals surface area contributed by atoms with Gasteiger partial charge in [-0.15, -0.1) is 0 Å². The summed E-state index contributed by atoms with van der Waals surface area (Å²) in [6.45, 7) is 1.10. The van der Waals surface area contributed by atoms with Crippen LogP contribution in [0.2, 0.25) is 5.02 Å². The van der Waals surface area contributed by atoms with Gasteiger partial charge in [0.05, 0.1) is 12.1 Å². The van der Waals surface area contributed by atoms with Crippen LogP contribution in [0.1, 0.15) is 16.1 Å². The fraction of sp³-hybridized carbons (Fsp3) is 0.238. The van der Waals surface area contributed by atoms with Gasteiger partial charge in [-0.3, -0.25) is 4.79 Å². The lowest BCUT2D eigenvalue weighted by molar-refractivity contribution is -0.119. The minimum Gasteiger partial charge on any atom is -0.497 e. The molecule has 0 saturated carbocycles. The van der Waals surface area contributed by atoms with Crippen molar-refractivity contribution in [3.63, 3.8) is 0 Å². The van der Waals surface area contributed by atoms with Gasteiger partial charge >= 0.3 is 5.97 Å². The second kappa shape index (κ2) is 9.19. The molecule has 3 aromatic rings. The normalized spacial score (nSPS) is 11.6. The second-order valence-corrected chi connectivity index (χ2v) is 9.50. The van der Waals surface area contributed by atoms with Gasteiger partial charge in [0.2, 0.25) is 15.8 Å². The molecule has 0 bridgehead atoms. The first-order valence-corrected chi connectivity index (χ1v) is 11.1. The number of benzene rings is 2. The van der Waals surface area contributed by atoms with Gasteiger partial charge in [0.1, 0.15) is 16.2 Å². The number of nitrogens with zero attached hydrogens (tertiary/aromatic N) is 1. The van der Waals surface area contributed by atoms with Crippen LogP contribution in [0, 0.1) is 6.92 Å². The molecular weight excluding hydrogens is 460 g/mol. The van der Waals surface area contributed by atoms with Crippen molar-refractivity contribution in [3.05, 3.63) is 52.7 Å². The van der Waals surface area contributed by atoms with Crippen LogP contribution < -0.4 is 10.1 Å². The highest BCUT2D eigenvalue weighted by Gasteiger charge is 2.23. The van der Waals surface area contributed by atoms with Crippen molar-refractivity contribution in [3.8, 4) is 5.75 Å². The Morgan fingerprint density at radius 3 is 2.53 bits per heavy atom. The van der Waals surface area contributed by atoms with Gasteiger partial charge in [0, 0.05) is 30.7 Å². The van der Waals surface area contributed by atoms with Crippen molar-refractivity contribution in [2.45, 2.75) is 11.8 Å². The number of aryl methyl sites for hydroxylation is 1. The molecule has 170 valence electrons. The number of rotatable bonds is 7. The predicted molar refractivity (Wildman–Crippen MR) is 119 cm³/mol. The Balaban J connectivity index is 1.70. The first kappa shape index (κ1) is 23.6. The lowest BCUT2D eigenvalue weighted by Gasteiger charge is -2.14. The van der Waals surface area contributed by atoms with E-state index in [2.05, 4.69) is 5.32 Å². The van der Waals surface area contributed by atoms with E-state index in [1.54, 1.807) is 25.1 Å². The number of carbonyl (C=O) groups is 2. The summed E-state index contributed by atoms with van der Waals surface area (Å²) in [6.07, 6.45) is 0. The molecule has 2 aromatic carbocycles. The molecule has 0 aliphatic rings. The Kier molecular flexibility index (Phi) is 6.77. The van der Waals surface area contributed by atoms with Crippen molar-refractivity contribution < 1.29 is 31.9 Å². The Morgan fingerprint density at radius 1 is 1.16 bits per heavy atom. The Labute approximate surface area is 189 Å². The molecule has 0 aliphatic heterocycles. The van der Waals surface area contributed by atoms with E-state index in [0.29, 0.717) is 22.3 Å². The number of nitrogens with one attached hydrogen (secondary N) is 1.